The summed E-state index contributed by atoms with van der Waals surface area (Å²) in [6.45, 7) is 8.93. The zero-order valence-electron chi connectivity index (χ0n) is 8.56. The van der Waals surface area contributed by atoms with Gasteiger partial charge in [-0.1, -0.05) is 36.9 Å². The van der Waals surface area contributed by atoms with Crippen LogP contribution in [0, 0.1) is 0 Å². The summed E-state index contributed by atoms with van der Waals surface area (Å²) in [5.41, 5.74) is 1.16. The van der Waals surface area contributed by atoms with Crippen LogP contribution in [0.1, 0.15) is 17.3 Å². The molecule has 1 N–H and O–H groups in total. The van der Waals surface area contributed by atoms with Crippen LogP contribution in [-0.2, 0) is 0 Å². The van der Waals surface area contributed by atoms with Gasteiger partial charge in [-0.2, -0.15) is 0 Å². The van der Waals surface area contributed by atoms with Crippen molar-refractivity contribution >= 4 is 5.97 Å². The number of hydrogen-bond acceptors (Lipinski definition) is 2. The average molecular weight is 205 g/mol. The van der Waals surface area contributed by atoms with Gasteiger partial charge in [-0.25, -0.2) is 4.79 Å². The summed E-state index contributed by atoms with van der Waals surface area (Å²) >= 11 is 0. The van der Waals surface area contributed by atoms with E-state index in [2.05, 4.69) is 13.2 Å². The SMILES string of the molecule is C=CC(=C)C.O=C(O)c1ccc([O-])cc1. The maximum absolute atomic E-state index is 10.5. The zero-order valence-corrected chi connectivity index (χ0v) is 8.56. The molecule has 1 aromatic carbocycles. The number of carboxylic acids is 1. The van der Waals surface area contributed by atoms with Crippen molar-refractivity contribution in [2.24, 2.45) is 0 Å². The van der Waals surface area contributed by atoms with Crippen LogP contribution >= 0.6 is 0 Å². The third-order valence-electron chi connectivity index (χ3n) is 1.45. The first kappa shape index (κ1) is 13.0. The Bertz CT molecular complexity index is 350. The normalized spacial score (nSPS) is 8.33. The highest BCUT2D eigenvalue weighted by molar-refractivity contribution is 5.87. The minimum Gasteiger partial charge on any atom is -0.872 e. The minimum atomic E-state index is -1.01. The fraction of sp³-hybridized carbons (Fsp3) is 0.0833. The van der Waals surface area contributed by atoms with Crippen molar-refractivity contribution in [3.63, 3.8) is 0 Å². The molecule has 1 aromatic rings. The predicted octanol–water partition coefficient (Wildman–Crippen LogP) is 2.21. The number of allylic oxidation sites excluding steroid dienone is 2. The second kappa shape index (κ2) is 6.43. The molecule has 3 nitrogen and oxygen atoms in total. The fourth-order valence-electron chi connectivity index (χ4n) is 0.598. The highest BCUT2D eigenvalue weighted by atomic mass is 16.4. The summed E-state index contributed by atoms with van der Waals surface area (Å²) in [4.78, 5) is 10.2. The van der Waals surface area contributed by atoms with Crippen LogP contribution in [0.15, 0.2) is 49.1 Å². The summed E-state index contributed by atoms with van der Waals surface area (Å²) in [6.07, 6.45) is 1.72. The van der Waals surface area contributed by atoms with Crippen LogP contribution in [0.25, 0.3) is 0 Å². The van der Waals surface area contributed by atoms with E-state index in [9.17, 15) is 9.90 Å². The molecule has 0 bridgehead atoms. The van der Waals surface area contributed by atoms with Crippen LogP contribution in [0.4, 0.5) is 0 Å². The van der Waals surface area contributed by atoms with Crippen molar-refractivity contribution in [3.05, 3.63) is 54.6 Å². The lowest BCUT2D eigenvalue weighted by Gasteiger charge is -2.02. The van der Waals surface area contributed by atoms with Gasteiger partial charge in [-0.15, -0.1) is 5.75 Å². The first-order valence-electron chi connectivity index (χ1n) is 4.25. The Morgan fingerprint density at radius 2 is 1.80 bits per heavy atom. The van der Waals surface area contributed by atoms with Gasteiger partial charge in [-0.3, -0.25) is 0 Å². The third-order valence-corrected chi connectivity index (χ3v) is 1.45. The number of carboxylic acid groups (broad SMARTS) is 1. The van der Waals surface area contributed by atoms with Gasteiger partial charge in [0.25, 0.3) is 0 Å². The van der Waals surface area contributed by atoms with Gasteiger partial charge in [0.1, 0.15) is 0 Å². The topological polar surface area (TPSA) is 60.4 Å². The highest BCUT2D eigenvalue weighted by Crippen LogP contribution is 2.05. The van der Waals surface area contributed by atoms with Crippen molar-refractivity contribution in [2.45, 2.75) is 6.92 Å². The zero-order chi connectivity index (χ0) is 11.8. The fourth-order valence-corrected chi connectivity index (χ4v) is 0.598. The van der Waals surface area contributed by atoms with Gasteiger partial charge in [0, 0.05) is 0 Å². The van der Waals surface area contributed by atoms with Crippen LogP contribution in [0.2, 0.25) is 0 Å². The Kier molecular flexibility index (Phi) is 5.56. The van der Waals surface area contributed by atoms with E-state index in [1.807, 2.05) is 6.92 Å². The van der Waals surface area contributed by atoms with Gasteiger partial charge in [0.15, 0.2) is 0 Å². The third kappa shape index (κ3) is 6.10. The van der Waals surface area contributed by atoms with E-state index in [1.165, 1.54) is 24.3 Å². The molecule has 1 rings (SSSR count). The molecule has 0 saturated carbocycles. The van der Waals surface area contributed by atoms with Crippen LogP contribution < -0.4 is 5.11 Å². The summed E-state index contributed by atoms with van der Waals surface area (Å²) < 4.78 is 0. The van der Waals surface area contributed by atoms with Crippen molar-refractivity contribution < 1.29 is 15.0 Å². The Morgan fingerprint density at radius 3 is 2.07 bits per heavy atom. The molecule has 0 fully saturated rings. The molecule has 0 aliphatic heterocycles. The molecule has 3 heteroatoms. The molecule has 0 spiro atoms. The molecule has 0 heterocycles. The second-order valence-electron chi connectivity index (χ2n) is 2.88. The van der Waals surface area contributed by atoms with E-state index in [4.69, 9.17) is 5.11 Å². The molecule has 0 radical (unpaired) electrons. The van der Waals surface area contributed by atoms with Crippen molar-refractivity contribution in [2.75, 3.05) is 0 Å². The number of carbonyl (C=O) groups is 1. The summed E-state index contributed by atoms with van der Waals surface area (Å²) in [6, 6.07) is 5.02. The molecule has 0 amide bonds. The Labute approximate surface area is 89.0 Å². The smallest absolute Gasteiger partial charge is 0.335 e. The van der Waals surface area contributed by atoms with Gasteiger partial charge in [0.05, 0.1) is 5.56 Å². The lowest BCUT2D eigenvalue weighted by Crippen LogP contribution is -1.96. The van der Waals surface area contributed by atoms with Gasteiger partial charge < -0.3 is 10.2 Å². The molecular formula is C12H13O3-. The number of aromatic carboxylic acids is 1. The summed E-state index contributed by atoms with van der Waals surface area (Å²) in [5, 5.41) is 18.8. The lowest BCUT2D eigenvalue weighted by molar-refractivity contribution is -0.268. The second-order valence-corrected chi connectivity index (χ2v) is 2.88. The van der Waals surface area contributed by atoms with Crippen LogP contribution in [-0.4, -0.2) is 11.1 Å². The Hall–Kier alpha value is -2.03. The summed E-state index contributed by atoms with van der Waals surface area (Å²) in [7, 11) is 0. The van der Waals surface area contributed by atoms with E-state index in [1.54, 1.807) is 6.08 Å². The number of rotatable bonds is 2. The van der Waals surface area contributed by atoms with Crippen LogP contribution in [0.3, 0.4) is 0 Å². The first-order valence-corrected chi connectivity index (χ1v) is 4.25. The lowest BCUT2D eigenvalue weighted by atomic mass is 10.2. The highest BCUT2D eigenvalue weighted by Gasteiger charge is 1.97. The summed E-state index contributed by atoms with van der Waals surface area (Å²) in [5.74, 6) is -1.19. The van der Waals surface area contributed by atoms with Gasteiger partial charge >= 0.3 is 5.97 Å². The molecule has 0 aromatic heterocycles. The number of benzene rings is 1. The number of hydrogen-bond donors (Lipinski definition) is 1. The van der Waals surface area contributed by atoms with E-state index < -0.39 is 5.97 Å². The van der Waals surface area contributed by atoms with E-state index >= 15 is 0 Å². The minimum absolute atomic E-state index is 0.139. The van der Waals surface area contributed by atoms with Gasteiger partial charge in [-0.05, 0) is 19.1 Å². The maximum atomic E-state index is 10.5. The Balaban J connectivity index is 0.000000336. The van der Waals surface area contributed by atoms with Crippen molar-refractivity contribution in [1.82, 2.24) is 0 Å². The van der Waals surface area contributed by atoms with E-state index in [0.717, 1.165) is 5.57 Å². The van der Waals surface area contributed by atoms with E-state index in [0.29, 0.717) is 0 Å². The molecule has 15 heavy (non-hydrogen) atoms. The molecule has 0 aliphatic rings. The average Bonchev–Trinajstić information content (AvgIpc) is 2.19. The first-order chi connectivity index (χ1) is 6.97. The molecule has 0 saturated heterocycles. The molecule has 0 aliphatic carbocycles. The molecule has 0 unspecified atom stereocenters. The van der Waals surface area contributed by atoms with Gasteiger partial charge in [0.2, 0.25) is 0 Å². The van der Waals surface area contributed by atoms with Crippen LogP contribution in [0.5, 0.6) is 5.75 Å². The van der Waals surface area contributed by atoms with Crippen molar-refractivity contribution in [3.8, 4) is 5.75 Å². The molecular weight excluding hydrogens is 192 g/mol. The largest absolute Gasteiger partial charge is 0.872 e. The molecule has 0 atom stereocenters. The standard InChI is InChI=1S/C7H6O3.C5H8/c8-6-3-1-5(2-4-6)7(9)10;1-4-5(2)3/h1-4,8H,(H,9,10);4H,1-2H2,3H3/p-1. The Morgan fingerprint density at radius 1 is 1.40 bits per heavy atom. The maximum Gasteiger partial charge on any atom is 0.335 e. The van der Waals surface area contributed by atoms with E-state index in [-0.39, 0.29) is 11.3 Å². The van der Waals surface area contributed by atoms with Crippen molar-refractivity contribution in [1.29, 1.82) is 0 Å². The molecule has 80 valence electrons. The predicted molar refractivity (Wildman–Crippen MR) is 57.9 cm³/mol. The quantitative estimate of drug-likeness (QED) is 0.753. The monoisotopic (exact) mass is 205 g/mol.